The van der Waals surface area contributed by atoms with E-state index in [2.05, 4.69) is 17.3 Å². The Morgan fingerprint density at radius 3 is 2.69 bits per heavy atom. The predicted octanol–water partition coefficient (Wildman–Crippen LogP) is 3.19. The molecule has 7 nitrogen and oxygen atoms in total. The maximum Gasteiger partial charge on any atom is 0.257 e. The molecule has 32 heavy (non-hydrogen) atoms. The summed E-state index contributed by atoms with van der Waals surface area (Å²) < 4.78 is 7.06. The van der Waals surface area contributed by atoms with E-state index in [0.717, 1.165) is 36.3 Å². The van der Waals surface area contributed by atoms with Gasteiger partial charge in [0.05, 0.1) is 18.9 Å². The van der Waals surface area contributed by atoms with Crippen LogP contribution >= 0.6 is 0 Å². The molecule has 2 aliphatic rings. The molecule has 4 rings (SSSR count). The van der Waals surface area contributed by atoms with Crippen molar-refractivity contribution >= 4 is 11.8 Å². The van der Waals surface area contributed by atoms with E-state index in [9.17, 15) is 9.59 Å². The normalized spacial score (nSPS) is 19.8. The summed E-state index contributed by atoms with van der Waals surface area (Å²) in [4.78, 5) is 30.2. The fourth-order valence-electron chi connectivity index (χ4n) is 4.78. The smallest absolute Gasteiger partial charge is 0.257 e. The third-order valence-corrected chi connectivity index (χ3v) is 6.88. The van der Waals surface area contributed by atoms with Crippen LogP contribution in [0.2, 0.25) is 0 Å². The van der Waals surface area contributed by atoms with Gasteiger partial charge < -0.3 is 14.5 Å². The van der Waals surface area contributed by atoms with Crippen molar-refractivity contribution in [2.45, 2.75) is 32.7 Å². The van der Waals surface area contributed by atoms with E-state index in [0.29, 0.717) is 31.7 Å². The second-order valence-corrected chi connectivity index (χ2v) is 8.78. The maximum atomic E-state index is 13.5. The van der Waals surface area contributed by atoms with Gasteiger partial charge in [-0.2, -0.15) is 5.10 Å². The van der Waals surface area contributed by atoms with Crippen LogP contribution in [-0.4, -0.2) is 58.1 Å². The fraction of sp³-hybridized carbons (Fsp3) is 0.480. The average Bonchev–Trinajstić information content (AvgIpc) is 3.04. The summed E-state index contributed by atoms with van der Waals surface area (Å²) in [5.74, 6) is 1.32. The number of ether oxygens (including phenoxy) is 1. The Balaban J connectivity index is 1.40. The van der Waals surface area contributed by atoms with Gasteiger partial charge in [0, 0.05) is 44.8 Å². The number of allylic oxidation sites excluding steroid dienone is 1. The Labute approximate surface area is 189 Å². The number of carbonyl (C=O) groups is 2. The van der Waals surface area contributed by atoms with E-state index in [-0.39, 0.29) is 23.7 Å². The molecule has 1 aromatic carbocycles. The number of amides is 2. The number of rotatable bonds is 5. The zero-order valence-corrected chi connectivity index (χ0v) is 19.2. The van der Waals surface area contributed by atoms with Crippen LogP contribution in [0.3, 0.4) is 0 Å². The van der Waals surface area contributed by atoms with E-state index in [1.807, 2.05) is 48.0 Å². The molecular weight excluding hydrogens is 404 g/mol. The molecule has 2 aromatic rings. The Morgan fingerprint density at radius 2 is 2.00 bits per heavy atom. The lowest BCUT2D eigenvalue weighted by molar-refractivity contribution is -0.137. The maximum absolute atomic E-state index is 13.5. The van der Waals surface area contributed by atoms with Gasteiger partial charge in [-0.05, 0) is 49.8 Å². The van der Waals surface area contributed by atoms with Gasteiger partial charge in [0.1, 0.15) is 5.75 Å². The second kappa shape index (κ2) is 9.59. The molecule has 1 saturated heterocycles. The van der Waals surface area contributed by atoms with Crippen molar-refractivity contribution in [3.8, 4) is 5.75 Å². The molecule has 2 amide bonds. The topological polar surface area (TPSA) is 67.7 Å². The van der Waals surface area contributed by atoms with Crippen molar-refractivity contribution < 1.29 is 14.3 Å². The molecule has 0 saturated carbocycles. The third-order valence-electron chi connectivity index (χ3n) is 6.88. The first-order valence-corrected chi connectivity index (χ1v) is 11.3. The van der Waals surface area contributed by atoms with Gasteiger partial charge in [0.2, 0.25) is 5.91 Å². The van der Waals surface area contributed by atoms with Crippen molar-refractivity contribution in [2.75, 3.05) is 26.7 Å². The molecule has 0 aliphatic carbocycles. The highest BCUT2D eigenvalue weighted by Gasteiger charge is 2.35. The summed E-state index contributed by atoms with van der Waals surface area (Å²) in [6.07, 6.45) is 8.37. The Bertz CT molecular complexity index is 1000. The standard InChI is InChI=1S/C25H32N4O3/c1-18-23(16-26-27(18)2)25(31)28-13-10-20(11-14-28)22-9-4-5-12-29(24(22)30)17-19-7-6-8-21(15-19)32-3/h4-8,15-16,20,22H,9-14,17H2,1-3H3/t22-/m1/s1. The number of piperidine rings is 1. The first-order chi connectivity index (χ1) is 15.5. The molecule has 1 atom stereocenters. The van der Waals surface area contributed by atoms with Gasteiger partial charge in [0.15, 0.2) is 0 Å². The molecule has 170 valence electrons. The quantitative estimate of drug-likeness (QED) is 0.675. The minimum absolute atomic E-state index is 0.0308. The summed E-state index contributed by atoms with van der Waals surface area (Å²) in [7, 11) is 3.50. The number of methoxy groups -OCH3 is 1. The molecular formula is C25H32N4O3. The third kappa shape index (κ3) is 4.56. The molecule has 7 heteroatoms. The predicted molar refractivity (Wildman–Crippen MR) is 122 cm³/mol. The van der Waals surface area contributed by atoms with Crippen molar-refractivity contribution in [3.63, 3.8) is 0 Å². The lowest BCUT2D eigenvalue weighted by Crippen LogP contribution is -2.44. The monoisotopic (exact) mass is 436 g/mol. The Hall–Kier alpha value is -3.09. The first-order valence-electron chi connectivity index (χ1n) is 11.3. The number of benzene rings is 1. The van der Waals surface area contributed by atoms with Crippen LogP contribution in [0.1, 0.15) is 40.9 Å². The Morgan fingerprint density at radius 1 is 1.22 bits per heavy atom. The summed E-state index contributed by atoms with van der Waals surface area (Å²) in [5.41, 5.74) is 2.62. The lowest BCUT2D eigenvalue weighted by Gasteiger charge is -2.36. The number of hydrogen-bond acceptors (Lipinski definition) is 4. The zero-order chi connectivity index (χ0) is 22.7. The molecule has 3 heterocycles. The number of carbonyl (C=O) groups excluding carboxylic acids is 2. The van der Waals surface area contributed by atoms with Crippen LogP contribution in [0, 0.1) is 18.8 Å². The summed E-state index contributed by atoms with van der Waals surface area (Å²) >= 11 is 0. The van der Waals surface area contributed by atoms with Crippen LogP contribution in [-0.2, 0) is 18.4 Å². The Kier molecular flexibility index (Phi) is 6.63. The largest absolute Gasteiger partial charge is 0.497 e. The van der Waals surface area contributed by atoms with Gasteiger partial charge >= 0.3 is 0 Å². The zero-order valence-electron chi connectivity index (χ0n) is 19.2. The SMILES string of the molecule is COc1cccc(CN2CC=CC[C@H](C3CCN(C(=O)c4cnn(C)c4C)CC3)C2=O)c1. The van der Waals surface area contributed by atoms with Gasteiger partial charge in [-0.25, -0.2) is 0 Å². The molecule has 2 aliphatic heterocycles. The van der Waals surface area contributed by atoms with Crippen LogP contribution in [0.25, 0.3) is 0 Å². The van der Waals surface area contributed by atoms with Crippen molar-refractivity contribution in [2.24, 2.45) is 18.9 Å². The van der Waals surface area contributed by atoms with Crippen LogP contribution in [0.5, 0.6) is 5.75 Å². The van der Waals surface area contributed by atoms with E-state index >= 15 is 0 Å². The molecule has 0 spiro atoms. The van der Waals surface area contributed by atoms with Crippen LogP contribution < -0.4 is 4.74 Å². The highest BCUT2D eigenvalue weighted by Crippen LogP contribution is 2.32. The van der Waals surface area contributed by atoms with Crippen LogP contribution in [0.4, 0.5) is 0 Å². The minimum Gasteiger partial charge on any atom is -0.497 e. The second-order valence-electron chi connectivity index (χ2n) is 8.78. The van der Waals surface area contributed by atoms with Gasteiger partial charge in [-0.1, -0.05) is 24.3 Å². The van der Waals surface area contributed by atoms with E-state index in [1.54, 1.807) is 18.0 Å². The van der Waals surface area contributed by atoms with Crippen LogP contribution in [0.15, 0.2) is 42.6 Å². The molecule has 1 aromatic heterocycles. The molecule has 1 fully saturated rings. The average molecular weight is 437 g/mol. The number of nitrogens with zero attached hydrogens (tertiary/aromatic N) is 4. The number of likely N-dealkylation sites (tertiary alicyclic amines) is 1. The van der Waals surface area contributed by atoms with E-state index in [1.165, 1.54) is 0 Å². The highest BCUT2D eigenvalue weighted by molar-refractivity contribution is 5.95. The van der Waals surface area contributed by atoms with Gasteiger partial charge in [-0.3, -0.25) is 14.3 Å². The highest BCUT2D eigenvalue weighted by atomic mass is 16.5. The lowest BCUT2D eigenvalue weighted by atomic mass is 9.81. The fourth-order valence-corrected chi connectivity index (χ4v) is 4.78. The van der Waals surface area contributed by atoms with Crippen molar-refractivity contribution in [1.29, 1.82) is 0 Å². The van der Waals surface area contributed by atoms with Gasteiger partial charge in [-0.15, -0.1) is 0 Å². The summed E-state index contributed by atoms with van der Waals surface area (Å²) in [5, 5.41) is 4.20. The molecule has 0 bridgehead atoms. The number of aryl methyl sites for hydroxylation is 1. The van der Waals surface area contributed by atoms with Gasteiger partial charge in [0.25, 0.3) is 5.91 Å². The van der Waals surface area contributed by atoms with E-state index < -0.39 is 0 Å². The molecule has 0 radical (unpaired) electrons. The summed E-state index contributed by atoms with van der Waals surface area (Å²) in [6.45, 7) is 4.49. The van der Waals surface area contributed by atoms with Crippen molar-refractivity contribution in [1.82, 2.24) is 19.6 Å². The number of aromatic nitrogens is 2. The first kappa shape index (κ1) is 22.1. The van der Waals surface area contributed by atoms with Crippen molar-refractivity contribution in [3.05, 3.63) is 59.4 Å². The molecule has 0 N–H and O–H groups in total. The van der Waals surface area contributed by atoms with E-state index in [4.69, 9.17) is 4.74 Å². The minimum atomic E-state index is -0.0308. The summed E-state index contributed by atoms with van der Waals surface area (Å²) in [6, 6.07) is 7.89. The number of hydrogen-bond donors (Lipinski definition) is 0. The molecule has 0 unspecified atom stereocenters.